The number of piperidine rings is 1. The van der Waals surface area contributed by atoms with E-state index >= 15 is 0 Å². The summed E-state index contributed by atoms with van der Waals surface area (Å²) in [5, 5.41) is 10.2. The molecule has 0 aliphatic carbocycles. The van der Waals surface area contributed by atoms with Gasteiger partial charge in [-0.05, 0) is 25.2 Å². The molecule has 0 bridgehead atoms. The fraction of sp³-hybridized carbons (Fsp3) is 0.650. The summed E-state index contributed by atoms with van der Waals surface area (Å²) in [7, 11) is 1.31. The smallest absolute Gasteiger partial charge is 0.259 e. The molecule has 1 N–H and O–H groups in total. The number of carbonyl (C=O) groups excluding carboxylic acids is 1. The highest BCUT2D eigenvalue weighted by molar-refractivity contribution is 5.95. The van der Waals surface area contributed by atoms with E-state index in [1.54, 1.807) is 0 Å². The van der Waals surface area contributed by atoms with Crippen LogP contribution in [0.3, 0.4) is 0 Å². The second kappa shape index (κ2) is 7.72. The SMILES string of the molecule is COc1cc(F)c(C(=O)N2CCC3(CC2)C[C@H](O)C[C@H](C(C)C)O3)c(F)c1. The summed E-state index contributed by atoms with van der Waals surface area (Å²) in [6.45, 7) is 4.79. The summed E-state index contributed by atoms with van der Waals surface area (Å²) in [5.41, 5.74) is -1.03. The Morgan fingerprint density at radius 3 is 2.41 bits per heavy atom. The molecule has 2 aliphatic rings. The lowest BCUT2D eigenvalue weighted by Gasteiger charge is -2.48. The van der Waals surface area contributed by atoms with Crippen LogP contribution < -0.4 is 4.74 Å². The lowest BCUT2D eigenvalue weighted by atomic mass is 9.80. The molecule has 2 heterocycles. The molecule has 5 nitrogen and oxygen atoms in total. The normalized spacial score (nSPS) is 25.1. The number of rotatable bonds is 3. The van der Waals surface area contributed by atoms with Crippen molar-refractivity contribution in [2.75, 3.05) is 20.2 Å². The van der Waals surface area contributed by atoms with Gasteiger partial charge in [-0.3, -0.25) is 4.79 Å². The van der Waals surface area contributed by atoms with Crippen LogP contribution in [0.5, 0.6) is 5.75 Å². The molecule has 2 atom stereocenters. The van der Waals surface area contributed by atoms with Crippen molar-refractivity contribution in [2.24, 2.45) is 5.92 Å². The molecule has 3 rings (SSSR count). The van der Waals surface area contributed by atoms with Crippen molar-refractivity contribution in [1.82, 2.24) is 4.90 Å². The van der Waals surface area contributed by atoms with Gasteiger partial charge in [0, 0.05) is 31.6 Å². The molecule has 0 saturated carbocycles. The van der Waals surface area contributed by atoms with E-state index in [0.29, 0.717) is 44.7 Å². The second-order valence-electron chi connectivity index (χ2n) is 7.94. The summed E-state index contributed by atoms with van der Waals surface area (Å²) in [4.78, 5) is 14.1. The van der Waals surface area contributed by atoms with Crippen LogP contribution in [-0.4, -0.2) is 53.9 Å². The van der Waals surface area contributed by atoms with Crippen molar-refractivity contribution in [3.05, 3.63) is 29.3 Å². The molecule has 2 saturated heterocycles. The second-order valence-corrected chi connectivity index (χ2v) is 7.94. The van der Waals surface area contributed by atoms with E-state index in [0.717, 1.165) is 12.1 Å². The highest BCUT2D eigenvalue weighted by Crippen LogP contribution is 2.39. The third kappa shape index (κ3) is 4.09. The maximum Gasteiger partial charge on any atom is 0.259 e. The Hall–Kier alpha value is -1.73. The zero-order chi connectivity index (χ0) is 19.8. The predicted molar refractivity (Wildman–Crippen MR) is 95.7 cm³/mol. The lowest BCUT2D eigenvalue weighted by Crippen LogP contribution is -2.54. The Morgan fingerprint density at radius 2 is 1.89 bits per heavy atom. The molecule has 1 spiro atoms. The summed E-state index contributed by atoms with van der Waals surface area (Å²) in [6, 6.07) is 2.02. The van der Waals surface area contributed by atoms with Crippen LogP contribution in [-0.2, 0) is 4.74 Å². The third-order valence-corrected chi connectivity index (χ3v) is 5.68. The number of carbonyl (C=O) groups is 1. The number of methoxy groups -OCH3 is 1. The quantitative estimate of drug-likeness (QED) is 0.871. The number of nitrogens with zero attached hydrogens (tertiary/aromatic N) is 1. The van der Waals surface area contributed by atoms with Crippen molar-refractivity contribution >= 4 is 5.91 Å². The average Bonchev–Trinajstić information content (AvgIpc) is 2.60. The molecule has 27 heavy (non-hydrogen) atoms. The van der Waals surface area contributed by atoms with E-state index in [2.05, 4.69) is 13.8 Å². The lowest BCUT2D eigenvalue weighted by molar-refractivity contribution is -0.190. The third-order valence-electron chi connectivity index (χ3n) is 5.68. The van der Waals surface area contributed by atoms with Crippen molar-refractivity contribution in [2.45, 2.75) is 57.3 Å². The zero-order valence-electron chi connectivity index (χ0n) is 16.0. The van der Waals surface area contributed by atoms with Crippen molar-refractivity contribution in [1.29, 1.82) is 0 Å². The monoisotopic (exact) mass is 383 g/mol. The van der Waals surface area contributed by atoms with Crippen molar-refractivity contribution in [3.8, 4) is 5.75 Å². The molecule has 1 aromatic carbocycles. The van der Waals surface area contributed by atoms with Crippen molar-refractivity contribution in [3.63, 3.8) is 0 Å². The van der Waals surface area contributed by atoms with Gasteiger partial charge in [0.2, 0.25) is 0 Å². The maximum absolute atomic E-state index is 14.2. The van der Waals surface area contributed by atoms with E-state index in [9.17, 15) is 18.7 Å². The number of aliphatic hydroxyl groups excluding tert-OH is 1. The van der Waals surface area contributed by atoms with Crippen LogP contribution in [0.4, 0.5) is 8.78 Å². The Labute approximate surface area is 158 Å². The molecule has 1 amide bonds. The van der Waals surface area contributed by atoms with Crippen LogP contribution in [0.1, 0.15) is 49.9 Å². The van der Waals surface area contributed by atoms with Gasteiger partial charge < -0.3 is 19.5 Å². The number of hydrogen-bond acceptors (Lipinski definition) is 4. The first kappa shape index (κ1) is 20.0. The van der Waals surface area contributed by atoms with Gasteiger partial charge in [-0.1, -0.05) is 13.8 Å². The number of aliphatic hydroxyl groups is 1. The summed E-state index contributed by atoms with van der Waals surface area (Å²) in [5.74, 6) is -2.20. The molecule has 150 valence electrons. The van der Waals surface area contributed by atoms with Crippen LogP contribution in [0.15, 0.2) is 12.1 Å². The van der Waals surface area contributed by atoms with Gasteiger partial charge >= 0.3 is 0 Å². The first-order valence-corrected chi connectivity index (χ1v) is 9.43. The maximum atomic E-state index is 14.2. The number of amides is 1. The summed E-state index contributed by atoms with van der Waals surface area (Å²) < 4.78 is 39.6. The van der Waals surface area contributed by atoms with Crippen molar-refractivity contribution < 1.29 is 28.2 Å². The van der Waals surface area contributed by atoms with Crippen LogP contribution in [0.2, 0.25) is 0 Å². The number of benzene rings is 1. The molecule has 7 heteroatoms. The Balaban J connectivity index is 1.71. The number of halogens is 2. The van der Waals surface area contributed by atoms with Gasteiger partial charge in [0.05, 0.1) is 24.9 Å². The largest absolute Gasteiger partial charge is 0.497 e. The molecule has 2 fully saturated rings. The van der Waals surface area contributed by atoms with Crippen LogP contribution in [0.25, 0.3) is 0 Å². The molecular weight excluding hydrogens is 356 g/mol. The fourth-order valence-electron chi connectivity index (χ4n) is 4.08. The molecule has 2 aliphatic heterocycles. The highest BCUT2D eigenvalue weighted by Gasteiger charge is 2.45. The Kier molecular flexibility index (Phi) is 5.72. The Bertz CT molecular complexity index is 678. The number of likely N-dealkylation sites (tertiary alicyclic amines) is 1. The van der Waals surface area contributed by atoms with Crippen LogP contribution in [0, 0.1) is 17.6 Å². The minimum atomic E-state index is -0.929. The minimum Gasteiger partial charge on any atom is -0.497 e. The van der Waals surface area contributed by atoms with E-state index in [1.165, 1.54) is 12.0 Å². The highest BCUT2D eigenvalue weighted by atomic mass is 19.1. The van der Waals surface area contributed by atoms with Gasteiger partial charge in [0.25, 0.3) is 5.91 Å². The van der Waals surface area contributed by atoms with E-state index in [1.807, 2.05) is 0 Å². The Morgan fingerprint density at radius 1 is 1.30 bits per heavy atom. The summed E-state index contributed by atoms with van der Waals surface area (Å²) >= 11 is 0. The molecule has 0 radical (unpaired) electrons. The first-order valence-electron chi connectivity index (χ1n) is 9.43. The predicted octanol–water partition coefficient (Wildman–Crippen LogP) is 3.14. The van der Waals surface area contributed by atoms with Gasteiger partial charge in [-0.25, -0.2) is 8.78 Å². The van der Waals surface area contributed by atoms with Gasteiger partial charge in [0.1, 0.15) is 22.9 Å². The molecule has 0 aromatic heterocycles. The average molecular weight is 383 g/mol. The topological polar surface area (TPSA) is 59.0 Å². The number of ether oxygens (including phenoxy) is 2. The van der Waals surface area contributed by atoms with E-state index in [4.69, 9.17) is 9.47 Å². The summed E-state index contributed by atoms with van der Waals surface area (Å²) in [6.07, 6.45) is 1.78. The van der Waals surface area contributed by atoms with E-state index < -0.39 is 34.8 Å². The molecular formula is C20H27F2NO4. The van der Waals surface area contributed by atoms with Gasteiger partial charge in [-0.15, -0.1) is 0 Å². The minimum absolute atomic E-state index is 0.0209. The fourth-order valence-corrected chi connectivity index (χ4v) is 4.08. The van der Waals surface area contributed by atoms with Gasteiger partial charge in [0.15, 0.2) is 0 Å². The zero-order valence-corrected chi connectivity index (χ0v) is 16.0. The standard InChI is InChI=1S/C20H27F2NO4/c1-12(2)17-8-13(24)11-20(27-17)4-6-23(7-5-20)19(25)18-15(21)9-14(26-3)10-16(18)22/h9-10,12-13,17,24H,4-8,11H2,1-3H3/t13-,17-/m1/s1. The van der Waals surface area contributed by atoms with E-state index in [-0.39, 0.29) is 11.9 Å². The van der Waals surface area contributed by atoms with Crippen LogP contribution >= 0.6 is 0 Å². The van der Waals surface area contributed by atoms with Gasteiger partial charge in [-0.2, -0.15) is 0 Å². The molecule has 0 unspecified atom stereocenters. The molecule has 1 aromatic rings. The first-order chi connectivity index (χ1) is 12.7. The number of hydrogen-bond donors (Lipinski definition) is 1.